The molecule has 3 rings (SSSR count). The topological polar surface area (TPSA) is 62.5 Å². The zero-order chi connectivity index (χ0) is 14.7. The van der Waals surface area contributed by atoms with Crippen molar-refractivity contribution in [3.05, 3.63) is 71.6 Å². The van der Waals surface area contributed by atoms with E-state index >= 15 is 0 Å². The molecule has 1 N–H and O–H groups in total. The molecule has 1 aromatic carbocycles. The van der Waals surface area contributed by atoms with Gasteiger partial charge in [-0.1, -0.05) is 30.3 Å². The third-order valence-corrected chi connectivity index (χ3v) is 3.32. The van der Waals surface area contributed by atoms with Crippen molar-refractivity contribution >= 4 is 17.3 Å². The Hall–Kier alpha value is -2.75. The van der Waals surface area contributed by atoms with Crippen LogP contribution in [0.15, 0.2) is 59.7 Å². The second-order valence-corrected chi connectivity index (χ2v) is 4.74. The monoisotopic (exact) mass is 278 g/mol. The fraction of sp³-hybridized carbons (Fsp3) is 0.118. The Labute approximate surface area is 122 Å². The number of carbonyl (C=O) groups excluding carboxylic acids is 1. The summed E-state index contributed by atoms with van der Waals surface area (Å²) in [5.41, 5.74) is 2.67. The number of carbonyl (C=O) groups is 1. The van der Waals surface area contributed by atoms with E-state index in [-0.39, 0.29) is 11.5 Å². The van der Waals surface area contributed by atoms with Crippen LogP contribution in [0.1, 0.15) is 16.8 Å². The van der Waals surface area contributed by atoms with Gasteiger partial charge in [-0.05, 0) is 12.1 Å². The highest BCUT2D eigenvalue weighted by Crippen LogP contribution is 2.23. The third-order valence-electron chi connectivity index (χ3n) is 3.32. The molecule has 0 atom stereocenters. The Bertz CT molecular complexity index is 733. The van der Waals surface area contributed by atoms with Crippen LogP contribution in [0.25, 0.3) is 5.76 Å². The van der Waals surface area contributed by atoms with Crippen molar-refractivity contribution in [2.24, 2.45) is 4.99 Å². The maximum Gasteiger partial charge on any atom is 0.208 e. The Morgan fingerprint density at radius 3 is 2.57 bits per heavy atom. The van der Waals surface area contributed by atoms with Crippen LogP contribution in [-0.4, -0.2) is 28.1 Å². The Morgan fingerprint density at radius 2 is 1.81 bits per heavy atom. The maximum absolute atomic E-state index is 12.0. The molecular formula is C17H14N2O2. The van der Waals surface area contributed by atoms with Gasteiger partial charge < -0.3 is 5.11 Å². The van der Waals surface area contributed by atoms with Gasteiger partial charge in [0.15, 0.2) is 0 Å². The standard InChI is InChI=1S/C17H14N2O2/c20-15-11-16(21)17(14-7-2-1-6-13(14)15)19-10-8-12-5-3-4-9-18-12/h1-7,9,11,20H,8,10H2. The summed E-state index contributed by atoms with van der Waals surface area (Å²) >= 11 is 0. The van der Waals surface area contributed by atoms with Gasteiger partial charge in [0.05, 0.1) is 0 Å². The van der Waals surface area contributed by atoms with Gasteiger partial charge in [0.1, 0.15) is 11.5 Å². The minimum absolute atomic E-state index is 0.000670. The number of ketones is 1. The number of nitrogens with zero attached hydrogens (tertiary/aromatic N) is 2. The van der Waals surface area contributed by atoms with Gasteiger partial charge in [-0.3, -0.25) is 14.8 Å². The van der Waals surface area contributed by atoms with E-state index in [0.717, 1.165) is 5.69 Å². The third kappa shape index (κ3) is 2.74. The van der Waals surface area contributed by atoms with Gasteiger partial charge >= 0.3 is 0 Å². The van der Waals surface area contributed by atoms with Gasteiger partial charge in [-0.25, -0.2) is 0 Å². The summed E-state index contributed by atoms with van der Waals surface area (Å²) in [4.78, 5) is 20.7. The fourth-order valence-electron chi connectivity index (χ4n) is 2.31. The molecule has 1 aliphatic carbocycles. The smallest absolute Gasteiger partial charge is 0.208 e. The molecule has 2 aromatic rings. The molecule has 4 nitrogen and oxygen atoms in total. The summed E-state index contributed by atoms with van der Waals surface area (Å²) < 4.78 is 0. The Balaban J connectivity index is 1.85. The molecule has 21 heavy (non-hydrogen) atoms. The zero-order valence-corrected chi connectivity index (χ0v) is 11.4. The molecule has 0 amide bonds. The highest BCUT2D eigenvalue weighted by molar-refractivity contribution is 6.52. The molecule has 1 aromatic heterocycles. The first kappa shape index (κ1) is 13.2. The molecule has 104 valence electrons. The summed E-state index contributed by atoms with van der Waals surface area (Å²) in [6, 6.07) is 13.0. The van der Waals surface area contributed by atoms with Crippen LogP contribution >= 0.6 is 0 Å². The molecule has 0 saturated heterocycles. The number of fused-ring (bicyclic) bond motifs is 1. The van der Waals surface area contributed by atoms with Crippen molar-refractivity contribution in [1.29, 1.82) is 0 Å². The number of aliphatic hydroxyl groups is 1. The maximum atomic E-state index is 12.0. The van der Waals surface area contributed by atoms with Gasteiger partial charge in [-0.2, -0.15) is 0 Å². The van der Waals surface area contributed by atoms with E-state index in [1.807, 2.05) is 30.3 Å². The number of hydrogen-bond acceptors (Lipinski definition) is 4. The van der Waals surface area contributed by atoms with Crippen molar-refractivity contribution in [3.8, 4) is 0 Å². The highest BCUT2D eigenvalue weighted by atomic mass is 16.3. The van der Waals surface area contributed by atoms with Crippen LogP contribution in [0.5, 0.6) is 0 Å². The summed E-state index contributed by atoms with van der Waals surface area (Å²) in [5.74, 6) is -0.258. The lowest BCUT2D eigenvalue weighted by Crippen LogP contribution is -2.20. The molecule has 0 aliphatic heterocycles. The lowest BCUT2D eigenvalue weighted by atomic mass is 9.93. The zero-order valence-electron chi connectivity index (χ0n) is 11.4. The van der Waals surface area contributed by atoms with Gasteiger partial charge in [0.25, 0.3) is 0 Å². The predicted octanol–water partition coefficient (Wildman–Crippen LogP) is 2.60. The molecule has 1 heterocycles. The molecule has 0 unspecified atom stereocenters. The lowest BCUT2D eigenvalue weighted by molar-refractivity contribution is -0.108. The molecule has 0 radical (unpaired) electrons. The van der Waals surface area contributed by atoms with E-state index in [9.17, 15) is 9.90 Å². The first-order valence-electron chi connectivity index (χ1n) is 6.75. The minimum Gasteiger partial charge on any atom is -0.507 e. The van der Waals surface area contributed by atoms with E-state index in [0.29, 0.717) is 29.8 Å². The number of rotatable bonds is 3. The van der Waals surface area contributed by atoms with Crippen molar-refractivity contribution < 1.29 is 9.90 Å². The molecule has 0 fully saturated rings. The van der Waals surface area contributed by atoms with Crippen molar-refractivity contribution in [3.63, 3.8) is 0 Å². The molecular weight excluding hydrogens is 264 g/mol. The van der Waals surface area contributed by atoms with Crippen LogP contribution in [0.4, 0.5) is 0 Å². The first-order chi connectivity index (χ1) is 10.3. The van der Waals surface area contributed by atoms with Crippen LogP contribution in [0.3, 0.4) is 0 Å². The van der Waals surface area contributed by atoms with E-state index in [2.05, 4.69) is 9.98 Å². The number of aromatic nitrogens is 1. The van der Waals surface area contributed by atoms with Crippen LogP contribution in [0, 0.1) is 0 Å². The second-order valence-electron chi connectivity index (χ2n) is 4.74. The normalized spacial score (nSPS) is 15.7. The largest absolute Gasteiger partial charge is 0.507 e. The van der Waals surface area contributed by atoms with Crippen molar-refractivity contribution in [2.75, 3.05) is 6.54 Å². The fourth-order valence-corrected chi connectivity index (χ4v) is 2.31. The summed E-state index contributed by atoms with van der Waals surface area (Å²) in [6.07, 6.45) is 3.64. The second kappa shape index (κ2) is 5.71. The number of aliphatic hydroxyl groups excluding tert-OH is 1. The van der Waals surface area contributed by atoms with Crippen molar-refractivity contribution in [2.45, 2.75) is 6.42 Å². The van der Waals surface area contributed by atoms with Gasteiger partial charge in [0.2, 0.25) is 5.78 Å². The van der Waals surface area contributed by atoms with E-state index < -0.39 is 0 Å². The molecule has 0 bridgehead atoms. The van der Waals surface area contributed by atoms with Crippen LogP contribution in [-0.2, 0) is 11.2 Å². The molecule has 4 heteroatoms. The molecule has 0 spiro atoms. The van der Waals surface area contributed by atoms with Crippen LogP contribution < -0.4 is 0 Å². The van der Waals surface area contributed by atoms with E-state index in [1.54, 1.807) is 18.3 Å². The Kier molecular flexibility index (Phi) is 3.60. The van der Waals surface area contributed by atoms with E-state index in [4.69, 9.17) is 0 Å². The van der Waals surface area contributed by atoms with Gasteiger partial charge in [0, 0.05) is 42.1 Å². The van der Waals surface area contributed by atoms with Crippen LogP contribution in [0.2, 0.25) is 0 Å². The number of hydrogen-bond donors (Lipinski definition) is 1. The lowest BCUT2D eigenvalue weighted by Gasteiger charge is -2.14. The van der Waals surface area contributed by atoms with E-state index in [1.165, 1.54) is 6.08 Å². The minimum atomic E-state index is -0.257. The predicted molar refractivity (Wildman–Crippen MR) is 81.4 cm³/mol. The van der Waals surface area contributed by atoms with Gasteiger partial charge in [-0.15, -0.1) is 0 Å². The van der Waals surface area contributed by atoms with Crippen molar-refractivity contribution in [1.82, 2.24) is 4.98 Å². The quantitative estimate of drug-likeness (QED) is 0.938. The average Bonchev–Trinajstić information content (AvgIpc) is 2.51. The SMILES string of the molecule is O=C1C=C(O)c2ccccc2C1=NCCc1ccccn1. The number of aliphatic imine (C=N–C) groups is 1. The first-order valence-corrected chi connectivity index (χ1v) is 6.75. The summed E-state index contributed by atoms with van der Waals surface area (Å²) in [5, 5.41) is 9.83. The highest BCUT2D eigenvalue weighted by Gasteiger charge is 2.22. The molecule has 0 saturated carbocycles. The number of allylic oxidation sites excluding steroid dienone is 1. The Morgan fingerprint density at radius 1 is 1.05 bits per heavy atom. The number of pyridine rings is 1. The average molecular weight is 278 g/mol. The molecule has 1 aliphatic rings. The summed E-state index contributed by atoms with van der Waals surface area (Å²) in [7, 11) is 0. The summed E-state index contributed by atoms with van der Waals surface area (Å²) in [6.45, 7) is 0.487. The number of benzene rings is 1.